The minimum absolute atomic E-state index is 0.0146. The third kappa shape index (κ3) is 3.46. The largest absolute Gasteiger partial charge is 0.497 e. The normalized spacial score (nSPS) is 18.3. The summed E-state index contributed by atoms with van der Waals surface area (Å²) in [6.45, 7) is 2.11. The van der Waals surface area contributed by atoms with Crippen molar-refractivity contribution in [2.75, 3.05) is 17.3 Å². The minimum Gasteiger partial charge on any atom is -0.497 e. The molecule has 0 fully saturated rings. The molecule has 1 aliphatic rings. The Bertz CT molecular complexity index is 954. The highest BCUT2D eigenvalue weighted by Gasteiger charge is 2.34. The fraction of sp³-hybridized carbons (Fsp3) is 0.208. The topological polar surface area (TPSA) is 41.6 Å². The molecule has 3 aromatic carbocycles. The molecule has 4 nitrogen and oxygen atoms in total. The van der Waals surface area contributed by atoms with Gasteiger partial charge in [-0.1, -0.05) is 36.4 Å². The zero-order valence-electron chi connectivity index (χ0n) is 16.1. The van der Waals surface area contributed by atoms with E-state index in [-0.39, 0.29) is 18.0 Å². The van der Waals surface area contributed by atoms with E-state index in [1.165, 1.54) is 0 Å². The molecular formula is C24H24N2O2. The number of methoxy groups -OCH3 is 1. The van der Waals surface area contributed by atoms with Crippen molar-refractivity contribution in [2.45, 2.75) is 25.4 Å². The molecule has 3 aromatic rings. The second-order valence-electron chi connectivity index (χ2n) is 7.11. The number of anilines is 2. The van der Waals surface area contributed by atoms with Crippen LogP contribution < -0.4 is 15.0 Å². The molecule has 0 spiro atoms. The minimum atomic E-state index is 0.0146. The van der Waals surface area contributed by atoms with Crippen LogP contribution in [0.1, 0.15) is 35.3 Å². The Kier molecular flexibility index (Phi) is 5.02. The number of ether oxygens (including phenoxy) is 1. The van der Waals surface area contributed by atoms with E-state index in [2.05, 4.69) is 30.4 Å². The van der Waals surface area contributed by atoms with Crippen LogP contribution in [0.15, 0.2) is 78.9 Å². The summed E-state index contributed by atoms with van der Waals surface area (Å²) in [6.07, 6.45) is 0.841. The molecule has 0 radical (unpaired) electrons. The Balaban J connectivity index is 1.66. The van der Waals surface area contributed by atoms with E-state index in [4.69, 9.17) is 4.74 Å². The highest BCUT2D eigenvalue weighted by atomic mass is 16.5. The number of amides is 1. The maximum absolute atomic E-state index is 13.3. The lowest BCUT2D eigenvalue weighted by atomic mass is 9.90. The summed E-state index contributed by atoms with van der Waals surface area (Å²) < 4.78 is 5.21. The number of rotatable bonds is 4. The Morgan fingerprint density at radius 1 is 0.964 bits per heavy atom. The molecular weight excluding hydrogens is 348 g/mol. The van der Waals surface area contributed by atoms with Gasteiger partial charge in [0.15, 0.2) is 0 Å². The highest BCUT2D eigenvalue weighted by Crippen LogP contribution is 2.39. The predicted octanol–water partition coefficient (Wildman–Crippen LogP) is 5.29. The molecule has 142 valence electrons. The van der Waals surface area contributed by atoms with Gasteiger partial charge in [0.1, 0.15) is 5.75 Å². The SMILES string of the molecule is COc1ccc(C(=O)N2c3ccccc3[C@@H](Nc3ccccc3)C[C@H]2C)cc1. The average Bonchev–Trinajstić information content (AvgIpc) is 2.74. The maximum atomic E-state index is 13.3. The Hall–Kier alpha value is -3.27. The first-order valence-electron chi connectivity index (χ1n) is 9.55. The monoisotopic (exact) mass is 372 g/mol. The molecule has 2 atom stereocenters. The molecule has 0 aromatic heterocycles. The van der Waals surface area contributed by atoms with Gasteiger partial charge in [0, 0.05) is 23.0 Å². The lowest BCUT2D eigenvalue weighted by Crippen LogP contribution is -2.44. The maximum Gasteiger partial charge on any atom is 0.258 e. The Morgan fingerprint density at radius 2 is 1.64 bits per heavy atom. The summed E-state index contributed by atoms with van der Waals surface area (Å²) in [6, 6.07) is 25.9. The van der Waals surface area contributed by atoms with Gasteiger partial charge >= 0.3 is 0 Å². The van der Waals surface area contributed by atoms with E-state index in [1.54, 1.807) is 7.11 Å². The first-order chi connectivity index (χ1) is 13.7. The molecule has 0 saturated carbocycles. The number of fused-ring (bicyclic) bond motifs is 1. The van der Waals surface area contributed by atoms with Crippen molar-refractivity contribution in [3.05, 3.63) is 90.0 Å². The number of hydrogen-bond acceptors (Lipinski definition) is 3. The lowest BCUT2D eigenvalue weighted by Gasteiger charge is -2.40. The lowest BCUT2D eigenvalue weighted by molar-refractivity contribution is 0.0974. The smallest absolute Gasteiger partial charge is 0.258 e. The van der Waals surface area contributed by atoms with E-state index in [9.17, 15) is 4.79 Å². The first kappa shape index (κ1) is 18.1. The zero-order chi connectivity index (χ0) is 19.5. The molecule has 1 amide bonds. The van der Waals surface area contributed by atoms with Gasteiger partial charge in [0.25, 0.3) is 5.91 Å². The fourth-order valence-electron chi connectivity index (χ4n) is 3.87. The number of hydrogen-bond donors (Lipinski definition) is 1. The van der Waals surface area contributed by atoms with Crippen LogP contribution in [0.4, 0.5) is 11.4 Å². The molecule has 0 unspecified atom stereocenters. The van der Waals surface area contributed by atoms with E-state index in [0.717, 1.165) is 29.1 Å². The van der Waals surface area contributed by atoms with Crippen LogP contribution >= 0.6 is 0 Å². The van der Waals surface area contributed by atoms with Crippen LogP contribution in [0.25, 0.3) is 0 Å². The molecule has 0 aliphatic carbocycles. The number of carbonyl (C=O) groups excluding carboxylic acids is 1. The molecule has 0 saturated heterocycles. The first-order valence-corrected chi connectivity index (χ1v) is 9.55. The van der Waals surface area contributed by atoms with Gasteiger partial charge < -0.3 is 15.0 Å². The van der Waals surface area contributed by atoms with E-state index >= 15 is 0 Å². The fourth-order valence-corrected chi connectivity index (χ4v) is 3.87. The van der Waals surface area contributed by atoms with Gasteiger partial charge in [-0.3, -0.25) is 4.79 Å². The molecule has 4 heteroatoms. The van der Waals surface area contributed by atoms with Crippen LogP contribution in [-0.2, 0) is 0 Å². The van der Waals surface area contributed by atoms with Gasteiger partial charge in [0.2, 0.25) is 0 Å². The summed E-state index contributed by atoms with van der Waals surface area (Å²) in [5, 5.41) is 3.63. The zero-order valence-corrected chi connectivity index (χ0v) is 16.1. The summed E-state index contributed by atoms with van der Waals surface area (Å²) in [5.74, 6) is 0.761. The van der Waals surface area contributed by atoms with Crippen LogP contribution in [0.3, 0.4) is 0 Å². The van der Waals surface area contributed by atoms with Crippen molar-refractivity contribution in [3.63, 3.8) is 0 Å². The molecule has 1 aliphatic heterocycles. The van der Waals surface area contributed by atoms with Gasteiger partial charge in [-0.15, -0.1) is 0 Å². The standard InChI is InChI=1S/C24H24N2O2/c1-17-16-22(25-19-8-4-3-5-9-19)21-10-6-7-11-23(21)26(17)24(27)18-12-14-20(28-2)15-13-18/h3-15,17,22,25H,16H2,1-2H3/t17-,22+/m1/s1. The van der Waals surface area contributed by atoms with Crippen LogP contribution in [-0.4, -0.2) is 19.1 Å². The van der Waals surface area contributed by atoms with E-state index in [1.807, 2.05) is 65.6 Å². The number of nitrogens with zero attached hydrogens (tertiary/aromatic N) is 1. The Morgan fingerprint density at radius 3 is 2.36 bits per heavy atom. The number of benzene rings is 3. The molecule has 1 heterocycles. The van der Waals surface area contributed by atoms with Crippen molar-refractivity contribution in [2.24, 2.45) is 0 Å². The van der Waals surface area contributed by atoms with E-state index < -0.39 is 0 Å². The second-order valence-corrected chi connectivity index (χ2v) is 7.11. The van der Waals surface area contributed by atoms with Crippen molar-refractivity contribution in [1.82, 2.24) is 0 Å². The highest BCUT2D eigenvalue weighted by molar-refractivity contribution is 6.07. The van der Waals surface area contributed by atoms with Crippen LogP contribution in [0.5, 0.6) is 5.75 Å². The molecule has 0 bridgehead atoms. The predicted molar refractivity (Wildman–Crippen MR) is 113 cm³/mol. The van der Waals surface area contributed by atoms with Crippen LogP contribution in [0.2, 0.25) is 0 Å². The molecule has 1 N–H and O–H groups in total. The summed E-state index contributed by atoms with van der Waals surface area (Å²) in [5.41, 5.74) is 3.86. The molecule has 28 heavy (non-hydrogen) atoms. The average molecular weight is 372 g/mol. The third-order valence-electron chi connectivity index (χ3n) is 5.26. The van der Waals surface area contributed by atoms with Crippen molar-refractivity contribution >= 4 is 17.3 Å². The number of nitrogens with one attached hydrogen (secondary N) is 1. The number of carbonyl (C=O) groups is 1. The van der Waals surface area contributed by atoms with Crippen molar-refractivity contribution < 1.29 is 9.53 Å². The summed E-state index contributed by atoms with van der Waals surface area (Å²) in [4.78, 5) is 15.2. The molecule has 4 rings (SSSR count). The third-order valence-corrected chi connectivity index (χ3v) is 5.26. The van der Waals surface area contributed by atoms with Gasteiger partial charge in [0.05, 0.1) is 13.2 Å². The van der Waals surface area contributed by atoms with Gasteiger partial charge in [-0.25, -0.2) is 0 Å². The number of para-hydroxylation sites is 2. The van der Waals surface area contributed by atoms with Crippen molar-refractivity contribution in [1.29, 1.82) is 0 Å². The van der Waals surface area contributed by atoms with Gasteiger partial charge in [-0.05, 0) is 61.4 Å². The van der Waals surface area contributed by atoms with Gasteiger partial charge in [-0.2, -0.15) is 0 Å². The summed E-state index contributed by atoms with van der Waals surface area (Å²) >= 11 is 0. The van der Waals surface area contributed by atoms with Crippen molar-refractivity contribution in [3.8, 4) is 5.75 Å². The van der Waals surface area contributed by atoms with Crippen LogP contribution in [0, 0.1) is 0 Å². The van der Waals surface area contributed by atoms with E-state index in [0.29, 0.717) is 5.56 Å². The summed E-state index contributed by atoms with van der Waals surface area (Å²) in [7, 11) is 1.62. The Labute approximate surface area is 165 Å². The second kappa shape index (κ2) is 7.77. The quantitative estimate of drug-likeness (QED) is 0.677.